The van der Waals surface area contributed by atoms with Crippen LogP contribution in [0.2, 0.25) is 5.02 Å². The van der Waals surface area contributed by atoms with E-state index in [-0.39, 0.29) is 10.6 Å². The van der Waals surface area contributed by atoms with E-state index < -0.39 is 17.1 Å². The summed E-state index contributed by atoms with van der Waals surface area (Å²) < 4.78 is 13.9. The maximum Gasteiger partial charge on any atom is 0.254 e. The Morgan fingerprint density at radius 2 is 2.06 bits per heavy atom. The van der Waals surface area contributed by atoms with E-state index in [4.69, 9.17) is 16.8 Å². The van der Waals surface area contributed by atoms with Crippen molar-refractivity contribution in [3.05, 3.63) is 34.6 Å². The van der Waals surface area contributed by atoms with Gasteiger partial charge in [-0.25, -0.2) is 9.87 Å². The first-order chi connectivity index (χ1) is 8.12. The van der Waals surface area contributed by atoms with Gasteiger partial charge in [0.1, 0.15) is 5.82 Å². The third-order valence-corrected chi connectivity index (χ3v) is 3.75. The number of rotatable bonds is 2. The Morgan fingerprint density at radius 3 is 2.59 bits per heavy atom. The van der Waals surface area contributed by atoms with Gasteiger partial charge in [0.2, 0.25) is 0 Å². The van der Waals surface area contributed by atoms with E-state index in [1.54, 1.807) is 11.5 Å². The van der Waals surface area contributed by atoms with Crippen LogP contribution in [-0.4, -0.2) is 11.1 Å². The van der Waals surface area contributed by atoms with Crippen molar-refractivity contribution < 1.29 is 14.4 Å². The van der Waals surface area contributed by atoms with Crippen LogP contribution in [0.5, 0.6) is 0 Å². The van der Waals surface area contributed by atoms with Crippen LogP contribution in [0.15, 0.2) is 18.2 Å². The molecule has 0 bridgehead atoms. The number of halogens is 2. The Balaban J connectivity index is 2.57. The highest BCUT2D eigenvalue weighted by atomic mass is 35.5. The van der Waals surface area contributed by atoms with E-state index in [0.717, 1.165) is 12.8 Å². The molecule has 0 saturated heterocycles. The van der Waals surface area contributed by atoms with Gasteiger partial charge in [-0.3, -0.25) is 10.0 Å². The molecule has 0 heterocycles. The van der Waals surface area contributed by atoms with Gasteiger partial charge in [-0.05, 0) is 25.0 Å². The average Bonchev–Trinajstić information content (AvgIpc) is 2.78. The van der Waals surface area contributed by atoms with Crippen molar-refractivity contribution in [1.82, 2.24) is 5.48 Å². The molecule has 0 spiro atoms. The third-order valence-electron chi connectivity index (χ3n) is 3.43. The van der Waals surface area contributed by atoms with Crippen LogP contribution >= 0.6 is 11.6 Å². The predicted molar refractivity (Wildman–Crippen MR) is 61.5 cm³/mol. The second-order valence-electron chi connectivity index (χ2n) is 4.33. The Labute approximate surface area is 104 Å². The summed E-state index contributed by atoms with van der Waals surface area (Å²) in [5, 5.41) is 9.07. The zero-order valence-electron chi connectivity index (χ0n) is 9.17. The molecule has 1 aliphatic carbocycles. The molecule has 1 aromatic carbocycles. The topological polar surface area (TPSA) is 49.3 Å². The minimum Gasteiger partial charge on any atom is -0.289 e. The fourth-order valence-electron chi connectivity index (χ4n) is 2.63. The number of hydroxylamine groups is 1. The summed E-state index contributed by atoms with van der Waals surface area (Å²) in [6.45, 7) is 0. The summed E-state index contributed by atoms with van der Waals surface area (Å²) in [4.78, 5) is 11.9. The largest absolute Gasteiger partial charge is 0.289 e. The van der Waals surface area contributed by atoms with Crippen LogP contribution in [-0.2, 0) is 10.2 Å². The summed E-state index contributed by atoms with van der Waals surface area (Å²) in [6, 6.07) is 4.34. The molecule has 3 nitrogen and oxygen atoms in total. The third kappa shape index (κ3) is 1.91. The Bertz CT molecular complexity index is 424. The molecule has 0 radical (unpaired) electrons. The first-order valence-corrected chi connectivity index (χ1v) is 5.88. The maximum absolute atomic E-state index is 13.9. The Hall–Kier alpha value is -1.13. The lowest BCUT2D eigenvalue weighted by molar-refractivity contribution is -0.135. The molecule has 1 aromatic rings. The van der Waals surface area contributed by atoms with Gasteiger partial charge in [0, 0.05) is 10.6 Å². The van der Waals surface area contributed by atoms with E-state index in [2.05, 4.69) is 0 Å². The first-order valence-electron chi connectivity index (χ1n) is 5.51. The molecule has 0 atom stereocenters. The summed E-state index contributed by atoms with van der Waals surface area (Å²) in [5.41, 5.74) is 0.806. The van der Waals surface area contributed by atoms with Crippen LogP contribution in [0.3, 0.4) is 0 Å². The smallest absolute Gasteiger partial charge is 0.254 e. The highest BCUT2D eigenvalue weighted by Gasteiger charge is 2.45. The molecule has 92 valence electrons. The molecule has 17 heavy (non-hydrogen) atoms. The van der Waals surface area contributed by atoms with E-state index in [1.807, 2.05) is 0 Å². The average molecular weight is 258 g/mol. The zero-order valence-corrected chi connectivity index (χ0v) is 9.93. The number of amides is 1. The molecule has 0 aliphatic heterocycles. The second-order valence-corrected chi connectivity index (χ2v) is 4.73. The first kappa shape index (κ1) is 12.3. The van der Waals surface area contributed by atoms with E-state index in [1.165, 1.54) is 12.1 Å². The van der Waals surface area contributed by atoms with Crippen molar-refractivity contribution in [1.29, 1.82) is 0 Å². The minimum atomic E-state index is -1.03. The minimum absolute atomic E-state index is 0.200. The van der Waals surface area contributed by atoms with Gasteiger partial charge < -0.3 is 0 Å². The van der Waals surface area contributed by atoms with Crippen LogP contribution in [0.4, 0.5) is 4.39 Å². The molecule has 1 fully saturated rings. The number of hydrogen-bond acceptors (Lipinski definition) is 2. The summed E-state index contributed by atoms with van der Waals surface area (Å²) in [5.74, 6) is -1.08. The number of benzene rings is 1. The van der Waals surface area contributed by atoms with Crippen molar-refractivity contribution >= 4 is 17.5 Å². The molecule has 1 amide bonds. The molecular weight excluding hydrogens is 245 g/mol. The lowest BCUT2D eigenvalue weighted by Gasteiger charge is -2.28. The summed E-state index contributed by atoms with van der Waals surface area (Å²) in [7, 11) is 0. The number of carbonyl (C=O) groups is 1. The van der Waals surface area contributed by atoms with E-state index >= 15 is 0 Å². The van der Waals surface area contributed by atoms with Crippen molar-refractivity contribution in [2.75, 3.05) is 0 Å². The van der Waals surface area contributed by atoms with E-state index in [0.29, 0.717) is 12.8 Å². The molecule has 0 unspecified atom stereocenters. The molecule has 0 aromatic heterocycles. The van der Waals surface area contributed by atoms with Crippen molar-refractivity contribution in [2.45, 2.75) is 31.1 Å². The normalized spacial score (nSPS) is 18.1. The van der Waals surface area contributed by atoms with Crippen LogP contribution in [0.1, 0.15) is 31.2 Å². The van der Waals surface area contributed by atoms with Crippen LogP contribution in [0, 0.1) is 5.82 Å². The molecule has 1 saturated carbocycles. The summed E-state index contributed by atoms with van der Waals surface area (Å²) >= 11 is 6.00. The fourth-order valence-corrected chi connectivity index (χ4v) is 2.98. The molecule has 2 N–H and O–H groups in total. The van der Waals surface area contributed by atoms with Gasteiger partial charge in [-0.15, -0.1) is 0 Å². The van der Waals surface area contributed by atoms with Gasteiger partial charge in [-0.2, -0.15) is 0 Å². The van der Waals surface area contributed by atoms with Crippen molar-refractivity contribution in [2.24, 2.45) is 0 Å². The predicted octanol–water partition coefficient (Wildman–Crippen LogP) is 2.80. The highest BCUT2D eigenvalue weighted by molar-refractivity contribution is 6.31. The van der Waals surface area contributed by atoms with Crippen LogP contribution in [0.25, 0.3) is 0 Å². The van der Waals surface area contributed by atoms with E-state index in [9.17, 15) is 9.18 Å². The monoisotopic (exact) mass is 257 g/mol. The van der Waals surface area contributed by atoms with Gasteiger partial charge in [0.05, 0.1) is 5.41 Å². The van der Waals surface area contributed by atoms with Crippen LogP contribution < -0.4 is 5.48 Å². The van der Waals surface area contributed by atoms with Crippen molar-refractivity contribution in [3.63, 3.8) is 0 Å². The lowest BCUT2D eigenvalue weighted by atomic mass is 9.78. The van der Waals surface area contributed by atoms with Gasteiger partial charge >= 0.3 is 0 Å². The molecular formula is C12H13ClFNO2. The Kier molecular flexibility index (Phi) is 3.35. The highest BCUT2D eigenvalue weighted by Crippen LogP contribution is 2.45. The zero-order chi connectivity index (χ0) is 12.5. The van der Waals surface area contributed by atoms with Crippen molar-refractivity contribution in [3.8, 4) is 0 Å². The Morgan fingerprint density at radius 1 is 1.41 bits per heavy atom. The maximum atomic E-state index is 13.9. The molecule has 5 heteroatoms. The standard InChI is InChI=1S/C12H13ClFNO2/c13-8-4-3-5-9(14)10(8)12(11(16)15-17)6-1-2-7-12/h3-5,17H,1-2,6-7H2,(H,15,16). The van der Waals surface area contributed by atoms with Gasteiger partial charge in [0.15, 0.2) is 0 Å². The lowest BCUT2D eigenvalue weighted by Crippen LogP contribution is -2.42. The molecule has 1 aliphatic rings. The van der Waals surface area contributed by atoms with Gasteiger partial charge in [-0.1, -0.05) is 30.5 Å². The summed E-state index contributed by atoms with van der Waals surface area (Å²) in [6.07, 6.45) is 2.64. The fraction of sp³-hybridized carbons (Fsp3) is 0.417. The second kappa shape index (κ2) is 4.63. The van der Waals surface area contributed by atoms with Gasteiger partial charge in [0.25, 0.3) is 5.91 Å². The quantitative estimate of drug-likeness (QED) is 0.632. The number of hydrogen-bond donors (Lipinski definition) is 2. The SMILES string of the molecule is O=C(NO)C1(c2c(F)cccc2Cl)CCCC1. The number of nitrogens with one attached hydrogen (secondary N) is 1. The number of carbonyl (C=O) groups excluding carboxylic acids is 1. The molecule has 2 rings (SSSR count).